The number of hydrogen-bond acceptors (Lipinski definition) is 2. The van der Waals surface area contributed by atoms with Crippen molar-refractivity contribution in [3.63, 3.8) is 0 Å². The molecule has 1 aliphatic carbocycles. The smallest absolute Gasteiger partial charge is 0.142 e. The van der Waals surface area contributed by atoms with Crippen LogP contribution in [0, 0.1) is 11.8 Å². The number of nitrogens with one attached hydrogen (secondary N) is 1. The van der Waals surface area contributed by atoms with Crippen LogP contribution in [0.4, 0.5) is 5.69 Å². The van der Waals surface area contributed by atoms with Crippen LogP contribution in [-0.4, -0.2) is 12.1 Å². The maximum atomic E-state index is 5.92. The third-order valence-electron chi connectivity index (χ3n) is 4.20. The third-order valence-corrected chi connectivity index (χ3v) is 4.20. The van der Waals surface area contributed by atoms with Gasteiger partial charge in [-0.15, -0.1) is 0 Å². The Morgan fingerprint density at radius 1 is 1.14 bits per heavy atom. The molecule has 2 rings (SSSR count). The topological polar surface area (TPSA) is 21.3 Å². The van der Waals surface area contributed by atoms with Crippen LogP contribution >= 0.6 is 0 Å². The first-order valence-corrected chi connectivity index (χ1v) is 8.56. The Bertz CT molecular complexity index is 427. The Morgan fingerprint density at radius 2 is 1.90 bits per heavy atom. The maximum Gasteiger partial charge on any atom is 0.142 e. The highest BCUT2D eigenvalue weighted by atomic mass is 16.5. The average molecular weight is 289 g/mol. The minimum Gasteiger partial charge on any atom is -0.489 e. The van der Waals surface area contributed by atoms with Gasteiger partial charge in [-0.2, -0.15) is 0 Å². The van der Waals surface area contributed by atoms with Gasteiger partial charge in [0.2, 0.25) is 0 Å². The Hall–Kier alpha value is -1.18. The van der Waals surface area contributed by atoms with Gasteiger partial charge in [-0.05, 0) is 57.1 Å². The van der Waals surface area contributed by atoms with Crippen molar-refractivity contribution in [2.75, 3.05) is 5.32 Å². The molecule has 1 fully saturated rings. The van der Waals surface area contributed by atoms with Crippen LogP contribution in [0.5, 0.6) is 5.75 Å². The molecule has 0 spiro atoms. The van der Waals surface area contributed by atoms with Crippen molar-refractivity contribution in [2.24, 2.45) is 11.8 Å². The van der Waals surface area contributed by atoms with E-state index < -0.39 is 0 Å². The highest BCUT2D eigenvalue weighted by Crippen LogP contribution is 2.33. The molecule has 21 heavy (non-hydrogen) atoms. The molecule has 1 aromatic carbocycles. The molecule has 0 aromatic heterocycles. The molecule has 0 bridgehead atoms. The van der Waals surface area contributed by atoms with E-state index >= 15 is 0 Å². The maximum absolute atomic E-state index is 5.92. The summed E-state index contributed by atoms with van der Waals surface area (Å²) in [5.74, 6) is 2.68. The van der Waals surface area contributed by atoms with E-state index in [1.807, 2.05) is 6.07 Å². The Balaban J connectivity index is 1.97. The summed E-state index contributed by atoms with van der Waals surface area (Å²) in [4.78, 5) is 0. The number of hydrogen-bond donors (Lipinski definition) is 1. The zero-order chi connectivity index (χ0) is 15.2. The fourth-order valence-electron chi connectivity index (χ4n) is 3.47. The van der Waals surface area contributed by atoms with Crippen LogP contribution in [0.3, 0.4) is 0 Å². The Kier molecular flexibility index (Phi) is 5.96. The predicted molar refractivity (Wildman–Crippen MR) is 91.0 cm³/mol. The minimum atomic E-state index is 0.216. The average Bonchev–Trinajstić information content (AvgIpc) is 2.40. The molecule has 118 valence electrons. The molecule has 1 saturated carbocycles. The fraction of sp³-hybridized carbons (Fsp3) is 0.684. The van der Waals surface area contributed by atoms with Crippen LogP contribution in [-0.2, 0) is 0 Å². The van der Waals surface area contributed by atoms with Crippen molar-refractivity contribution in [2.45, 2.75) is 71.9 Å². The highest BCUT2D eigenvalue weighted by molar-refractivity contribution is 5.56. The summed E-state index contributed by atoms with van der Waals surface area (Å²) in [6.45, 7) is 8.83. The summed E-state index contributed by atoms with van der Waals surface area (Å²) < 4.78 is 5.92. The monoisotopic (exact) mass is 289 g/mol. The zero-order valence-electron chi connectivity index (χ0n) is 14.1. The van der Waals surface area contributed by atoms with E-state index in [4.69, 9.17) is 4.74 Å². The number of ether oxygens (including phenoxy) is 1. The van der Waals surface area contributed by atoms with Crippen LogP contribution in [0.25, 0.3) is 0 Å². The first kappa shape index (κ1) is 16.2. The second-order valence-electron chi connectivity index (χ2n) is 7.17. The van der Waals surface area contributed by atoms with Crippen molar-refractivity contribution in [3.05, 3.63) is 24.3 Å². The van der Waals surface area contributed by atoms with Crippen molar-refractivity contribution in [1.29, 1.82) is 0 Å². The Labute approximate surface area is 130 Å². The quantitative estimate of drug-likeness (QED) is 0.747. The molecule has 2 unspecified atom stereocenters. The van der Waals surface area contributed by atoms with Crippen LogP contribution < -0.4 is 10.1 Å². The molecule has 1 aliphatic rings. The number of rotatable bonds is 6. The van der Waals surface area contributed by atoms with Crippen molar-refractivity contribution >= 4 is 5.69 Å². The van der Waals surface area contributed by atoms with Crippen LogP contribution in [0.2, 0.25) is 0 Å². The highest BCUT2D eigenvalue weighted by Gasteiger charge is 2.23. The van der Waals surface area contributed by atoms with E-state index in [0.717, 1.165) is 23.3 Å². The fourth-order valence-corrected chi connectivity index (χ4v) is 3.47. The van der Waals surface area contributed by atoms with Gasteiger partial charge in [-0.1, -0.05) is 38.8 Å². The summed E-state index contributed by atoms with van der Waals surface area (Å²) >= 11 is 0. The summed E-state index contributed by atoms with van der Waals surface area (Å²) in [6, 6.07) is 8.94. The van der Waals surface area contributed by atoms with Gasteiger partial charge < -0.3 is 10.1 Å². The lowest BCUT2D eigenvalue weighted by Crippen LogP contribution is -2.28. The predicted octanol–water partition coefficient (Wildman–Crippen LogP) is 5.49. The van der Waals surface area contributed by atoms with Gasteiger partial charge in [-0.25, -0.2) is 0 Å². The van der Waals surface area contributed by atoms with E-state index in [0.29, 0.717) is 6.04 Å². The normalized spacial score (nSPS) is 22.6. The Morgan fingerprint density at radius 3 is 2.62 bits per heavy atom. The first-order chi connectivity index (χ1) is 10.0. The molecule has 2 heteroatoms. The van der Waals surface area contributed by atoms with Crippen LogP contribution in [0.15, 0.2) is 24.3 Å². The molecule has 0 saturated heterocycles. The standard InChI is InChI=1S/C19H31NO/c1-14(2)12-16-8-7-9-17(13-16)20-18-10-5-6-11-19(18)21-15(3)4/h5-6,10-11,14-17,20H,7-9,12-13H2,1-4H3. The van der Waals surface area contributed by atoms with Crippen molar-refractivity contribution < 1.29 is 4.74 Å². The molecular formula is C19H31NO. The second-order valence-corrected chi connectivity index (χ2v) is 7.17. The number of anilines is 1. The molecule has 2 nitrogen and oxygen atoms in total. The summed E-state index contributed by atoms with van der Waals surface area (Å²) in [5.41, 5.74) is 1.15. The van der Waals surface area contributed by atoms with Gasteiger partial charge in [0.15, 0.2) is 0 Å². The van der Waals surface area contributed by atoms with E-state index in [1.54, 1.807) is 0 Å². The SMILES string of the molecule is CC(C)CC1CCCC(Nc2ccccc2OC(C)C)C1. The lowest BCUT2D eigenvalue weighted by Gasteiger charge is -2.32. The van der Waals surface area contributed by atoms with E-state index in [9.17, 15) is 0 Å². The van der Waals surface area contributed by atoms with Gasteiger partial charge >= 0.3 is 0 Å². The molecule has 0 radical (unpaired) electrons. The largest absolute Gasteiger partial charge is 0.489 e. The molecule has 2 atom stereocenters. The van der Waals surface area contributed by atoms with E-state index in [1.165, 1.54) is 32.1 Å². The second kappa shape index (κ2) is 7.72. The molecule has 0 heterocycles. The summed E-state index contributed by atoms with van der Waals surface area (Å²) in [5, 5.41) is 3.73. The minimum absolute atomic E-state index is 0.216. The number of para-hydroxylation sites is 2. The summed E-state index contributed by atoms with van der Waals surface area (Å²) in [6.07, 6.45) is 6.91. The van der Waals surface area contributed by atoms with Gasteiger partial charge in [0.05, 0.1) is 11.8 Å². The molecule has 1 aromatic rings. The van der Waals surface area contributed by atoms with Crippen molar-refractivity contribution in [1.82, 2.24) is 0 Å². The van der Waals surface area contributed by atoms with Gasteiger partial charge in [0.25, 0.3) is 0 Å². The lowest BCUT2D eigenvalue weighted by atomic mass is 9.81. The zero-order valence-corrected chi connectivity index (χ0v) is 14.1. The van der Waals surface area contributed by atoms with Crippen LogP contribution in [0.1, 0.15) is 59.8 Å². The lowest BCUT2D eigenvalue weighted by molar-refractivity contribution is 0.242. The van der Waals surface area contributed by atoms with Gasteiger partial charge in [0.1, 0.15) is 5.75 Å². The third kappa shape index (κ3) is 5.26. The molecule has 0 aliphatic heterocycles. The molecule has 0 amide bonds. The van der Waals surface area contributed by atoms with E-state index in [-0.39, 0.29) is 6.10 Å². The van der Waals surface area contributed by atoms with E-state index in [2.05, 4.69) is 51.2 Å². The molecule has 1 N–H and O–H groups in total. The first-order valence-electron chi connectivity index (χ1n) is 8.56. The van der Waals surface area contributed by atoms with Crippen molar-refractivity contribution in [3.8, 4) is 5.75 Å². The molecular weight excluding hydrogens is 258 g/mol. The van der Waals surface area contributed by atoms with Gasteiger partial charge in [-0.3, -0.25) is 0 Å². The van der Waals surface area contributed by atoms with Gasteiger partial charge in [0, 0.05) is 6.04 Å². The number of benzene rings is 1. The summed E-state index contributed by atoms with van der Waals surface area (Å²) in [7, 11) is 0.